The normalized spacial score (nSPS) is 39.6. The van der Waals surface area contributed by atoms with Crippen LogP contribution in [0.3, 0.4) is 0 Å². The van der Waals surface area contributed by atoms with Crippen molar-refractivity contribution in [2.75, 3.05) is 50.3 Å². The van der Waals surface area contributed by atoms with Crippen molar-refractivity contribution in [3.05, 3.63) is 24.0 Å². The molecule has 5 aliphatic heterocycles. The third kappa shape index (κ3) is 7.74. The first-order chi connectivity index (χ1) is 26.9. The number of ether oxygens (including phenoxy) is 7. The summed E-state index contributed by atoms with van der Waals surface area (Å²) in [6, 6.07) is 3.05. The minimum absolute atomic E-state index is 0.0438. The Morgan fingerprint density at radius 2 is 1.61 bits per heavy atom. The summed E-state index contributed by atoms with van der Waals surface area (Å²) in [6.45, 7) is 15.3. The van der Waals surface area contributed by atoms with Gasteiger partial charge >= 0.3 is 18.2 Å². The Balaban J connectivity index is 1.39. The van der Waals surface area contributed by atoms with Crippen LogP contribution in [0.1, 0.15) is 74.7 Å². The number of benzene rings is 1. The van der Waals surface area contributed by atoms with E-state index in [4.69, 9.17) is 33.2 Å². The molecule has 15 nitrogen and oxygen atoms in total. The molecule has 5 aliphatic rings. The van der Waals surface area contributed by atoms with Gasteiger partial charge in [-0.05, 0) is 65.2 Å². The lowest BCUT2D eigenvalue weighted by Gasteiger charge is -2.46. The number of hydrogen-bond donors (Lipinski definition) is 0. The van der Waals surface area contributed by atoms with Crippen molar-refractivity contribution in [2.24, 2.45) is 23.7 Å². The van der Waals surface area contributed by atoms with Gasteiger partial charge in [0, 0.05) is 45.0 Å². The summed E-state index contributed by atoms with van der Waals surface area (Å²) in [4.78, 5) is 74.5. The van der Waals surface area contributed by atoms with Crippen molar-refractivity contribution in [1.29, 1.82) is 0 Å². The lowest BCUT2D eigenvalue weighted by atomic mass is 9.73. The summed E-state index contributed by atoms with van der Waals surface area (Å²) in [5, 5.41) is 0. The second-order valence-electron chi connectivity index (χ2n) is 16.8. The Morgan fingerprint density at radius 3 is 2.25 bits per heavy atom. The largest absolute Gasteiger partial charge is 0.458 e. The maximum atomic E-state index is 15.9. The molecule has 57 heavy (non-hydrogen) atoms. The van der Waals surface area contributed by atoms with E-state index in [1.165, 1.54) is 29.9 Å². The molecule has 1 aromatic rings. The molecule has 0 N–H and O–H groups in total. The third-order valence-electron chi connectivity index (χ3n) is 13.0. The Morgan fingerprint density at radius 1 is 0.930 bits per heavy atom. The molecule has 316 valence electrons. The number of Topliss-reactive ketones (excluding diaryl/α,β-unsaturated/α-hetero) is 2. The number of cyclic esters (lactones) is 1. The first-order valence-corrected chi connectivity index (χ1v) is 20.1. The number of carbonyl (C=O) groups excluding carboxylic acids is 5. The molecular formula is C41H58FN3O12. The van der Waals surface area contributed by atoms with Gasteiger partial charge in [0.15, 0.2) is 23.8 Å². The van der Waals surface area contributed by atoms with E-state index in [2.05, 4.69) is 0 Å². The van der Waals surface area contributed by atoms with Crippen LogP contribution in [0.2, 0.25) is 0 Å². The highest BCUT2D eigenvalue weighted by Crippen LogP contribution is 2.45. The van der Waals surface area contributed by atoms with Crippen LogP contribution in [0.5, 0.6) is 0 Å². The Bertz CT molecular complexity index is 1720. The fourth-order valence-corrected chi connectivity index (χ4v) is 9.66. The number of hydrogen-bond acceptors (Lipinski definition) is 13. The van der Waals surface area contributed by atoms with E-state index in [-0.39, 0.29) is 36.5 Å². The van der Waals surface area contributed by atoms with Gasteiger partial charge in [-0.25, -0.2) is 14.0 Å². The monoisotopic (exact) mass is 803 g/mol. The number of esters is 1. The molecule has 0 aromatic heterocycles. The van der Waals surface area contributed by atoms with Crippen LogP contribution in [0, 0.1) is 29.5 Å². The van der Waals surface area contributed by atoms with Gasteiger partial charge in [-0.1, -0.05) is 27.7 Å². The van der Waals surface area contributed by atoms with Crippen LogP contribution in [0.15, 0.2) is 18.2 Å². The number of ketones is 2. The van der Waals surface area contributed by atoms with Crippen molar-refractivity contribution in [1.82, 2.24) is 4.90 Å². The third-order valence-corrected chi connectivity index (χ3v) is 13.0. The highest BCUT2D eigenvalue weighted by atomic mass is 19.1. The molecule has 5 saturated heterocycles. The predicted molar refractivity (Wildman–Crippen MR) is 203 cm³/mol. The molecule has 0 unspecified atom stereocenters. The van der Waals surface area contributed by atoms with Gasteiger partial charge in [-0.2, -0.15) is 0 Å². The first-order valence-electron chi connectivity index (χ1n) is 20.1. The van der Waals surface area contributed by atoms with Gasteiger partial charge in [0.2, 0.25) is 0 Å². The van der Waals surface area contributed by atoms with Gasteiger partial charge < -0.3 is 43.0 Å². The standard InChI is InChI=1S/C41H58FN3O12/c1-11-30-41(8)34(45(39(50)57-41)26-12-13-28(27(42)19-26)44-14-16-52-17-15-44)23(4)31(46)21(2)20-40(7,51-10)35(24(5)32(47)25(6)36(48)54-30)56-37-33-29(18-22(3)53-37)43(9)38(49)55-33/h12-13,19,21-25,29-30,33-35,37H,11,14-18,20H2,1-10H3/t21-,22-,23+,24+,25-,29+,30-,33-,34-,35-,37+,40-,41-/m1/s1. The van der Waals surface area contributed by atoms with E-state index in [0.717, 1.165) is 0 Å². The van der Waals surface area contributed by atoms with E-state index >= 15 is 4.39 Å². The van der Waals surface area contributed by atoms with E-state index in [0.29, 0.717) is 38.4 Å². The molecule has 13 atom stereocenters. The smallest absolute Gasteiger partial charge is 0.415 e. The molecule has 5 fully saturated rings. The molecule has 0 saturated carbocycles. The van der Waals surface area contributed by atoms with Crippen molar-refractivity contribution >= 4 is 41.1 Å². The lowest BCUT2D eigenvalue weighted by molar-refractivity contribution is -0.284. The highest BCUT2D eigenvalue weighted by Gasteiger charge is 2.61. The number of halogens is 1. The maximum Gasteiger partial charge on any atom is 0.415 e. The van der Waals surface area contributed by atoms with Crippen molar-refractivity contribution in [3.63, 3.8) is 0 Å². The highest BCUT2D eigenvalue weighted by molar-refractivity contribution is 6.00. The second-order valence-corrected chi connectivity index (χ2v) is 16.8. The SMILES string of the molecule is CC[C@H]1OC(=O)[C@H](C)C(=O)[C@H](C)[C@@H](O[C@@H]2O[C@H](C)C[C@H]3[C@H]2OC(=O)N3C)[C@](C)(OC)C[C@@H](C)C(=O)[C@H](C)[C@H]2N(c3ccc(N4CCOCC4)c(F)c3)C(=O)O[C@]12C. The number of likely N-dealkylation sites (N-methyl/N-ethyl adjacent to an activating group) is 1. The van der Waals surface area contributed by atoms with Crippen molar-refractivity contribution in [3.8, 4) is 0 Å². The number of rotatable bonds is 6. The van der Waals surface area contributed by atoms with Gasteiger partial charge in [-0.15, -0.1) is 0 Å². The van der Waals surface area contributed by atoms with Crippen molar-refractivity contribution < 1.29 is 61.5 Å². The zero-order valence-electron chi connectivity index (χ0n) is 34.7. The molecule has 5 heterocycles. The Kier molecular flexibility index (Phi) is 12.3. The number of methoxy groups -OCH3 is 1. The van der Waals surface area contributed by atoms with Gasteiger partial charge in [0.05, 0.1) is 54.5 Å². The minimum atomic E-state index is -1.60. The van der Waals surface area contributed by atoms with Crippen LogP contribution in [0.25, 0.3) is 0 Å². The van der Waals surface area contributed by atoms with Gasteiger partial charge in [0.1, 0.15) is 23.6 Å². The summed E-state index contributed by atoms with van der Waals surface area (Å²) in [5.41, 5.74) is -2.42. The predicted octanol–water partition coefficient (Wildman–Crippen LogP) is 4.90. The number of morpholine rings is 1. The van der Waals surface area contributed by atoms with E-state index in [1.807, 2.05) is 11.8 Å². The molecule has 6 rings (SSSR count). The summed E-state index contributed by atoms with van der Waals surface area (Å²) in [5.74, 6) is -6.21. The summed E-state index contributed by atoms with van der Waals surface area (Å²) in [7, 11) is 3.10. The molecule has 16 heteroatoms. The van der Waals surface area contributed by atoms with E-state index in [9.17, 15) is 24.0 Å². The zero-order chi connectivity index (χ0) is 41.7. The maximum absolute atomic E-state index is 15.9. The van der Waals surface area contributed by atoms with Crippen LogP contribution < -0.4 is 9.80 Å². The van der Waals surface area contributed by atoms with Crippen LogP contribution in [-0.4, -0.2) is 129 Å². The number of amides is 2. The lowest BCUT2D eigenvalue weighted by Crippen LogP contribution is -2.59. The summed E-state index contributed by atoms with van der Waals surface area (Å²) in [6.07, 6.45) is -5.08. The first kappa shape index (κ1) is 42.7. The minimum Gasteiger partial charge on any atom is -0.458 e. The molecule has 0 spiro atoms. The molecule has 0 radical (unpaired) electrons. The molecule has 0 aliphatic carbocycles. The van der Waals surface area contributed by atoms with Crippen molar-refractivity contribution in [2.45, 2.75) is 129 Å². The Hall–Kier alpha value is -3.86. The fraction of sp³-hybridized carbons (Fsp3) is 0.732. The van der Waals surface area contributed by atoms with Gasteiger partial charge in [-0.3, -0.25) is 19.3 Å². The number of fused-ring (bicyclic) bond motifs is 2. The average Bonchev–Trinajstić information content (AvgIpc) is 3.63. The summed E-state index contributed by atoms with van der Waals surface area (Å²) >= 11 is 0. The number of carbonyl (C=O) groups is 5. The van der Waals surface area contributed by atoms with E-state index in [1.54, 1.807) is 60.7 Å². The second kappa shape index (κ2) is 16.4. The topological polar surface area (TPSA) is 160 Å². The average molecular weight is 804 g/mol. The zero-order valence-corrected chi connectivity index (χ0v) is 34.7. The molecular weight excluding hydrogens is 745 g/mol. The summed E-state index contributed by atoms with van der Waals surface area (Å²) < 4.78 is 58.3. The van der Waals surface area contributed by atoms with Gasteiger partial charge in [0.25, 0.3) is 0 Å². The molecule has 0 bridgehead atoms. The van der Waals surface area contributed by atoms with Crippen LogP contribution in [-0.2, 0) is 47.5 Å². The Labute approximate surface area is 333 Å². The number of nitrogens with zero attached hydrogens (tertiary/aromatic N) is 3. The number of anilines is 2. The molecule has 1 aromatic carbocycles. The quantitative estimate of drug-likeness (QED) is 0.217. The molecule has 2 amide bonds. The van der Waals surface area contributed by atoms with E-state index < -0.39 is 95.3 Å². The van der Waals surface area contributed by atoms with Crippen LogP contribution >= 0.6 is 0 Å². The fourth-order valence-electron chi connectivity index (χ4n) is 9.66. The van der Waals surface area contributed by atoms with Crippen LogP contribution in [0.4, 0.5) is 25.4 Å².